The summed E-state index contributed by atoms with van der Waals surface area (Å²) in [5, 5.41) is 4.62. The molecule has 0 saturated carbocycles. The highest BCUT2D eigenvalue weighted by atomic mass is 35.5. The summed E-state index contributed by atoms with van der Waals surface area (Å²) in [4.78, 5) is 0. The van der Waals surface area contributed by atoms with Gasteiger partial charge in [-0.15, -0.1) is 0 Å². The van der Waals surface area contributed by atoms with Gasteiger partial charge in [-0.25, -0.2) is 0 Å². The molecule has 0 bridgehead atoms. The van der Waals surface area contributed by atoms with E-state index in [4.69, 9.17) is 23.2 Å². The van der Waals surface area contributed by atoms with Crippen LogP contribution in [0.2, 0.25) is 10.0 Å². The van der Waals surface area contributed by atoms with Crippen molar-refractivity contribution in [2.24, 2.45) is 0 Å². The largest absolute Gasteiger partial charge is 0.311 e. The Hall–Kier alpha value is -0.500. The number of likely N-dealkylation sites (N-methyl/N-ethyl adjacent to an activating group) is 1. The van der Waals surface area contributed by atoms with Gasteiger partial charge in [-0.3, -0.25) is 0 Å². The topological polar surface area (TPSA) is 12.0 Å². The van der Waals surface area contributed by atoms with Crippen molar-refractivity contribution in [3.63, 3.8) is 0 Å². The van der Waals surface area contributed by atoms with Crippen molar-refractivity contribution < 1.29 is 0 Å². The van der Waals surface area contributed by atoms with E-state index in [0.29, 0.717) is 16.1 Å². The van der Waals surface area contributed by atoms with Gasteiger partial charge in [-0.2, -0.15) is 0 Å². The average molecular weight is 244 g/mol. The van der Waals surface area contributed by atoms with Gasteiger partial charge in [0.05, 0.1) is 0 Å². The van der Waals surface area contributed by atoms with E-state index < -0.39 is 0 Å². The van der Waals surface area contributed by atoms with Crippen LogP contribution in [-0.2, 0) is 0 Å². The first-order valence-corrected chi connectivity index (χ1v) is 5.75. The standard InChI is InChI=1S/C12H15Cl2N/c1-3-15-9(2)4-5-10-6-11(13)8-12(14)7-10/h4-9,15H,3H2,1-2H3/b5-4+. The molecule has 0 aliphatic carbocycles. The molecule has 1 aromatic rings. The maximum absolute atomic E-state index is 5.89. The smallest absolute Gasteiger partial charge is 0.0426 e. The molecule has 0 fully saturated rings. The Balaban J connectivity index is 2.71. The van der Waals surface area contributed by atoms with Crippen molar-refractivity contribution in [2.75, 3.05) is 6.54 Å². The van der Waals surface area contributed by atoms with Crippen molar-refractivity contribution in [1.29, 1.82) is 0 Å². The molecule has 1 N–H and O–H groups in total. The van der Waals surface area contributed by atoms with E-state index >= 15 is 0 Å². The Morgan fingerprint density at radius 2 is 1.87 bits per heavy atom. The van der Waals surface area contributed by atoms with Crippen molar-refractivity contribution in [2.45, 2.75) is 19.9 Å². The summed E-state index contributed by atoms with van der Waals surface area (Å²) in [6.07, 6.45) is 4.11. The van der Waals surface area contributed by atoms with Gasteiger partial charge in [0, 0.05) is 16.1 Å². The molecule has 1 nitrogen and oxygen atoms in total. The lowest BCUT2D eigenvalue weighted by Gasteiger charge is -2.05. The normalized spacial score (nSPS) is 13.3. The number of rotatable bonds is 4. The zero-order valence-electron chi connectivity index (χ0n) is 8.93. The predicted octanol–water partition coefficient (Wildman–Crippen LogP) is 4.00. The minimum atomic E-state index is 0.354. The van der Waals surface area contributed by atoms with Gasteiger partial charge in [-0.05, 0) is 37.2 Å². The summed E-state index contributed by atoms with van der Waals surface area (Å²) >= 11 is 11.8. The second kappa shape index (κ2) is 6.16. The lowest BCUT2D eigenvalue weighted by atomic mass is 10.2. The molecule has 0 heterocycles. The minimum absolute atomic E-state index is 0.354. The highest BCUT2D eigenvalue weighted by Crippen LogP contribution is 2.19. The van der Waals surface area contributed by atoms with Crippen LogP contribution in [0.1, 0.15) is 19.4 Å². The maximum atomic E-state index is 5.89. The van der Waals surface area contributed by atoms with E-state index in [1.54, 1.807) is 6.07 Å². The highest BCUT2D eigenvalue weighted by Gasteiger charge is 1.96. The molecule has 0 amide bonds. The Morgan fingerprint density at radius 3 is 2.40 bits per heavy atom. The third-order valence-corrected chi connectivity index (χ3v) is 2.42. The summed E-state index contributed by atoms with van der Waals surface area (Å²) in [5.74, 6) is 0. The number of nitrogens with one attached hydrogen (secondary N) is 1. The minimum Gasteiger partial charge on any atom is -0.311 e. The van der Waals surface area contributed by atoms with E-state index in [-0.39, 0.29) is 0 Å². The van der Waals surface area contributed by atoms with E-state index in [0.717, 1.165) is 12.1 Å². The van der Waals surface area contributed by atoms with Crippen LogP contribution in [0, 0.1) is 0 Å². The first-order chi connectivity index (χ1) is 7.11. The van der Waals surface area contributed by atoms with Gasteiger partial charge < -0.3 is 5.32 Å². The van der Waals surface area contributed by atoms with E-state index in [9.17, 15) is 0 Å². The Kier molecular flexibility index (Phi) is 5.16. The van der Waals surface area contributed by atoms with Gasteiger partial charge in [0.25, 0.3) is 0 Å². The molecule has 0 saturated heterocycles. The fraction of sp³-hybridized carbons (Fsp3) is 0.333. The number of hydrogen-bond donors (Lipinski definition) is 1. The quantitative estimate of drug-likeness (QED) is 0.843. The molecule has 0 radical (unpaired) electrons. The van der Waals surface area contributed by atoms with Crippen LogP contribution in [0.25, 0.3) is 6.08 Å². The second-order valence-electron chi connectivity index (χ2n) is 3.41. The molecule has 0 aliphatic heterocycles. The predicted molar refractivity (Wildman–Crippen MR) is 68.6 cm³/mol. The van der Waals surface area contributed by atoms with Gasteiger partial charge in [0.15, 0.2) is 0 Å². The molecule has 3 heteroatoms. The first kappa shape index (κ1) is 12.6. The summed E-state index contributed by atoms with van der Waals surface area (Å²) in [6, 6.07) is 5.87. The van der Waals surface area contributed by atoms with Gasteiger partial charge in [0.2, 0.25) is 0 Å². The van der Waals surface area contributed by atoms with Crippen molar-refractivity contribution in [3.8, 4) is 0 Å². The molecular formula is C12H15Cl2N. The molecule has 1 rings (SSSR count). The van der Waals surface area contributed by atoms with E-state index in [1.807, 2.05) is 18.2 Å². The lowest BCUT2D eigenvalue weighted by molar-refractivity contribution is 0.663. The third-order valence-electron chi connectivity index (χ3n) is 1.99. The highest BCUT2D eigenvalue weighted by molar-refractivity contribution is 6.34. The summed E-state index contributed by atoms with van der Waals surface area (Å²) in [6.45, 7) is 5.15. The summed E-state index contributed by atoms with van der Waals surface area (Å²) in [7, 11) is 0. The number of hydrogen-bond acceptors (Lipinski definition) is 1. The lowest BCUT2D eigenvalue weighted by Crippen LogP contribution is -2.22. The van der Waals surface area contributed by atoms with Crippen molar-refractivity contribution in [3.05, 3.63) is 39.9 Å². The zero-order valence-corrected chi connectivity index (χ0v) is 10.4. The van der Waals surface area contributed by atoms with Crippen molar-refractivity contribution >= 4 is 29.3 Å². The molecule has 0 aliphatic rings. The van der Waals surface area contributed by atoms with E-state index in [2.05, 4.69) is 25.2 Å². The molecule has 0 spiro atoms. The van der Waals surface area contributed by atoms with Crippen LogP contribution >= 0.6 is 23.2 Å². The molecule has 0 aromatic heterocycles. The summed E-state index contributed by atoms with van der Waals surface area (Å²) < 4.78 is 0. The average Bonchev–Trinajstić information content (AvgIpc) is 2.14. The first-order valence-electron chi connectivity index (χ1n) is 4.99. The Morgan fingerprint density at radius 1 is 1.27 bits per heavy atom. The Labute approximate surface area is 101 Å². The molecule has 1 unspecified atom stereocenters. The molecule has 82 valence electrons. The van der Waals surface area contributed by atoms with Crippen LogP contribution in [0.3, 0.4) is 0 Å². The molecule has 1 aromatic carbocycles. The summed E-state index contributed by atoms with van der Waals surface area (Å²) in [5.41, 5.74) is 1.03. The van der Waals surface area contributed by atoms with Gasteiger partial charge in [-0.1, -0.05) is 42.3 Å². The molecule has 15 heavy (non-hydrogen) atoms. The van der Waals surface area contributed by atoms with Crippen LogP contribution in [0.5, 0.6) is 0 Å². The van der Waals surface area contributed by atoms with Crippen LogP contribution in [0.15, 0.2) is 24.3 Å². The monoisotopic (exact) mass is 243 g/mol. The van der Waals surface area contributed by atoms with E-state index in [1.165, 1.54) is 0 Å². The number of benzene rings is 1. The Bertz CT molecular complexity index is 327. The zero-order chi connectivity index (χ0) is 11.3. The van der Waals surface area contributed by atoms with Crippen LogP contribution < -0.4 is 5.32 Å². The van der Waals surface area contributed by atoms with Crippen LogP contribution in [-0.4, -0.2) is 12.6 Å². The fourth-order valence-electron chi connectivity index (χ4n) is 1.32. The second-order valence-corrected chi connectivity index (χ2v) is 4.28. The molecular weight excluding hydrogens is 229 g/mol. The van der Waals surface area contributed by atoms with Gasteiger partial charge >= 0.3 is 0 Å². The SMILES string of the molecule is CCNC(C)/C=C/c1cc(Cl)cc(Cl)c1. The third kappa shape index (κ3) is 4.70. The fourth-order valence-corrected chi connectivity index (χ4v) is 1.86. The molecule has 1 atom stereocenters. The van der Waals surface area contributed by atoms with Crippen molar-refractivity contribution in [1.82, 2.24) is 5.32 Å². The maximum Gasteiger partial charge on any atom is 0.0426 e. The number of halogens is 2. The van der Waals surface area contributed by atoms with Gasteiger partial charge in [0.1, 0.15) is 0 Å². The van der Waals surface area contributed by atoms with Crippen LogP contribution in [0.4, 0.5) is 0 Å².